The minimum absolute atomic E-state index is 0.356. The minimum Gasteiger partial charge on any atom is -0.493 e. The van der Waals surface area contributed by atoms with Crippen molar-refractivity contribution < 1.29 is 9.13 Å². The fraction of sp³-hybridized carbons (Fsp3) is 0.250. The highest BCUT2D eigenvalue weighted by atomic mass is 19.1. The average molecular weight is 324 g/mol. The van der Waals surface area contributed by atoms with Crippen molar-refractivity contribution >= 4 is 23.2 Å². The number of anilines is 1. The van der Waals surface area contributed by atoms with E-state index in [1.54, 1.807) is 0 Å². The highest BCUT2D eigenvalue weighted by Gasteiger charge is 2.09. The van der Waals surface area contributed by atoms with E-state index in [4.69, 9.17) is 9.73 Å². The maximum Gasteiger partial charge on any atom is 0.120 e. The first kappa shape index (κ1) is 16.2. The van der Waals surface area contributed by atoms with Gasteiger partial charge in [0.25, 0.3) is 0 Å². The number of nitrogens with one attached hydrogen (secondary N) is 1. The molecule has 0 fully saturated rings. The summed E-state index contributed by atoms with van der Waals surface area (Å²) in [7, 11) is 1.91. The number of halogens is 1. The van der Waals surface area contributed by atoms with Gasteiger partial charge >= 0.3 is 0 Å². The molecule has 0 aliphatic carbocycles. The first-order chi connectivity index (χ1) is 11.8. The Morgan fingerprint density at radius 2 is 2.00 bits per heavy atom. The molecule has 2 aromatic carbocycles. The van der Waals surface area contributed by atoms with E-state index in [0.29, 0.717) is 13.0 Å². The van der Waals surface area contributed by atoms with Gasteiger partial charge in [-0.25, -0.2) is 0 Å². The lowest BCUT2D eigenvalue weighted by molar-refractivity contribution is 0.289. The molecule has 1 N–H and O–H groups in total. The van der Waals surface area contributed by atoms with Gasteiger partial charge in [0.05, 0.1) is 24.7 Å². The Bertz CT molecular complexity index is 751. The molecule has 0 saturated carbocycles. The van der Waals surface area contributed by atoms with Crippen LogP contribution in [0.15, 0.2) is 53.5 Å². The molecule has 3 nitrogen and oxygen atoms in total. The molecule has 4 heteroatoms. The van der Waals surface area contributed by atoms with Crippen LogP contribution < -0.4 is 10.1 Å². The van der Waals surface area contributed by atoms with E-state index in [-0.39, 0.29) is 6.67 Å². The second kappa shape index (κ2) is 7.77. The fourth-order valence-corrected chi connectivity index (χ4v) is 2.60. The van der Waals surface area contributed by atoms with Gasteiger partial charge in [-0.15, -0.1) is 0 Å². The Kier molecular flexibility index (Phi) is 5.26. The molecule has 2 aromatic rings. The summed E-state index contributed by atoms with van der Waals surface area (Å²) in [6, 6.07) is 14.1. The number of fused-ring (bicyclic) bond motifs is 1. The van der Waals surface area contributed by atoms with Gasteiger partial charge in [-0.1, -0.05) is 24.3 Å². The molecule has 0 spiro atoms. The van der Waals surface area contributed by atoms with Gasteiger partial charge in [-0.05, 0) is 35.9 Å². The predicted molar refractivity (Wildman–Crippen MR) is 98.4 cm³/mol. The van der Waals surface area contributed by atoms with Crippen molar-refractivity contribution in [1.82, 2.24) is 0 Å². The van der Waals surface area contributed by atoms with Gasteiger partial charge in [-0.2, -0.15) is 0 Å². The molecule has 0 bridgehead atoms. The van der Waals surface area contributed by atoms with E-state index in [1.807, 2.05) is 25.2 Å². The van der Waals surface area contributed by atoms with Crippen LogP contribution in [0.5, 0.6) is 5.75 Å². The number of aliphatic imine (C=N–C) groups is 1. The van der Waals surface area contributed by atoms with Crippen molar-refractivity contribution in [2.75, 3.05) is 25.6 Å². The van der Waals surface area contributed by atoms with Crippen molar-refractivity contribution in [3.8, 4) is 5.75 Å². The molecule has 0 amide bonds. The van der Waals surface area contributed by atoms with Crippen molar-refractivity contribution in [2.45, 2.75) is 12.8 Å². The normalized spacial score (nSPS) is 13.0. The number of allylic oxidation sites excluding steroid dienone is 1. The SMILES string of the molecule is CNc1ccc(C2=Nc3ccc(OCCCF)cc3C=CC2)cc1. The number of hydrogen-bond acceptors (Lipinski definition) is 3. The summed E-state index contributed by atoms with van der Waals surface area (Å²) in [6.07, 6.45) is 5.38. The second-order valence-electron chi connectivity index (χ2n) is 5.60. The summed E-state index contributed by atoms with van der Waals surface area (Å²) in [5, 5.41) is 3.12. The van der Waals surface area contributed by atoms with E-state index in [1.165, 1.54) is 0 Å². The Morgan fingerprint density at radius 3 is 2.75 bits per heavy atom. The van der Waals surface area contributed by atoms with Crippen LogP contribution in [0.4, 0.5) is 15.8 Å². The third kappa shape index (κ3) is 3.82. The van der Waals surface area contributed by atoms with Crippen LogP contribution in [-0.2, 0) is 0 Å². The molecule has 0 aromatic heterocycles. The molecule has 24 heavy (non-hydrogen) atoms. The number of ether oxygens (including phenoxy) is 1. The minimum atomic E-state index is -0.356. The average Bonchev–Trinajstić information content (AvgIpc) is 2.84. The first-order valence-corrected chi connectivity index (χ1v) is 8.15. The second-order valence-corrected chi connectivity index (χ2v) is 5.60. The van der Waals surface area contributed by atoms with Gasteiger partial charge in [-0.3, -0.25) is 9.38 Å². The molecular weight excluding hydrogens is 303 g/mol. The Hall–Kier alpha value is -2.62. The largest absolute Gasteiger partial charge is 0.493 e. The molecule has 0 unspecified atom stereocenters. The zero-order valence-corrected chi connectivity index (χ0v) is 13.8. The van der Waals surface area contributed by atoms with Crippen LogP contribution in [0, 0.1) is 0 Å². The van der Waals surface area contributed by atoms with Crippen LogP contribution in [-0.4, -0.2) is 26.0 Å². The summed E-state index contributed by atoms with van der Waals surface area (Å²) >= 11 is 0. The summed E-state index contributed by atoms with van der Waals surface area (Å²) in [4.78, 5) is 4.82. The molecule has 124 valence electrons. The summed E-state index contributed by atoms with van der Waals surface area (Å²) in [6.45, 7) is 0.0379. The van der Waals surface area contributed by atoms with E-state index in [9.17, 15) is 4.39 Å². The fourth-order valence-electron chi connectivity index (χ4n) is 2.60. The summed E-state index contributed by atoms with van der Waals surface area (Å²) in [5.74, 6) is 0.754. The number of alkyl halides is 1. The van der Waals surface area contributed by atoms with Crippen LogP contribution >= 0.6 is 0 Å². The van der Waals surface area contributed by atoms with Crippen molar-refractivity contribution in [1.29, 1.82) is 0 Å². The molecule has 1 aliphatic rings. The third-order valence-corrected chi connectivity index (χ3v) is 3.92. The standard InChI is InChI=1S/C20H21FN2O/c1-22-17-8-6-15(7-9-17)19-5-2-4-16-14-18(24-13-3-12-21)10-11-20(16)23-19/h2,4,6-11,14,22H,3,5,12-13H2,1H3. The van der Waals surface area contributed by atoms with E-state index >= 15 is 0 Å². The van der Waals surface area contributed by atoms with Crippen molar-refractivity contribution in [3.63, 3.8) is 0 Å². The Balaban J connectivity index is 1.84. The summed E-state index contributed by atoms with van der Waals surface area (Å²) < 4.78 is 17.7. The van der Waals surface area contributed by atoms with Gasteiger partial charge in [0.1, 0.15) is 5.75 Å². The quantitative estimate of drug-likeness (QED) is 0.758. The highest BCUT2D eigenvalue weighted by molar-refractivity contribution is 6.04. The van der Waals surface area contributed by atoms with E-state index < -0.39 is 0 Å². The van der Waals surface area contributed by atoms with E-state index in [2.05, 4.69) is 41.7 Å². The lowest BCUT2D eigenvalue weighted by atomic mass is 10.1. The molecule has 1 heterocycles. The molecule has 0 atom stereocenters. The molecule has 0 saturated heterocycles. The highest BCUT2D eigenvalue weighted by Crippen LogP contribution is 2.29. The lowest BCUT2D eigenvalue weighted by Crippen LogP contribution is -1.99. The third-order valence-electron chi connectivity index (χ3n) is 3.92. The first-order valence-electron chi connectivity index (χ1n) is 8.15. The van der Waals surface area contributed by atoms with Crippen molar-refractivity contribution in [2.24, 2.45) is 4.99 Å². The van der Waals surface area contributed by atoms with Crippen LogP contribution in [0.3, 0.4) is 0 Å². The molecule has 1 aliphatic heterocycles. The number of benzene rings is 2. The maximum absolute atomic E-state index is 12.2. The number of nitrogens with zero attached hydrogens (tertiary/aromatic N) is 1. The van der Waals surface area contributed by atoms with Gasteiger partial charge in [0.2, 0.25) is 0 Å². The monoisotopic (exact) mass is 324 g/mol. The van der Waals surface area contributed by atoms with Gasteiger partial charge < -0.3 is 10.1 Å². The zero-order chi connectivity index (χ0) is 16.8. The lowest BCUT2D eigenvalue weighted by Gasteiger charge is -2.08. The number of rotatable bonds is 6. The zero-order valence-electron chi connectivity index (χ0n) is 13.8. The van der Waals surface area contributed by atoms with Crippen molar-refractivity contribution in [3.05, 3.63) is 59.7 Å². The van der Waals surface area contributed by atoms with Crippen LogP contribution in [0.25, 0.3) is 6.08 Å². The maximum atomic E-state index is 12.2. The smallest absolute Gasteiger partial charge is 0.120 e. The van der Waals surface area contributed by atoms with Crippen LogP contribution in [0.1, 0.15) is 24.0 Å². The van der Waals surface area contributed by atoms with Gasteiger partial charge in [0, 0.05) is 31.1 Å². The van der Waals surface area contributed by atoms with E-state index in [0.717, 1.165) is 40.4 Å². The van der Waals surface area contributed by atoms with Crippen LogP contribution in [0.2, 0.25) is 0 Å². The molecular formula is C20H21FN2O. The Morgan fingerprint density at radius 1 is 1.17 bits per heavy atom. The number of hydrogen-bond donors (Lipinski definition) is 1. The summed E-state index contributed by atoms with van der Waals surface area (Å²) in [5.41, 5.74) is 5.19. The molecule has 0 radical (unpaired) electrons. The molecule has 3 rings (SSSR count). The Labute approximate surface area is 141 Å². The predicted octanol–water partition coefficient (Wildman–Crippen LogP) is 5.00. The van der Waals surface area contributed by atoms with Gasteiger partial charge in [0.15, 0.2) is 0 Å². The topological polar surface area (TPSA) is 33.6 Å².